The van der Waals surface area contributed by atoms with Crippen molar-refractivity contribution < 1.29 is 4.79 Å². The Kier molecular flexibility index (Phi) is 4.64. The Hall–Kier alpha value is -1.52. The van der Waals surface area contributed by atoms with Gasteiger partial charge in [-0.25, -0.2) is 0 Å². The average Bonchev–Trinajstić information content (AvgIpc) is 3.04. The normalized spacial score (nSPS) is 19.2. The van der Waals surface area contributed by atoms with Crippen molar-refractivity contribution in [2.45, 2.75) is 32.2 Å². The largest absolute Gasteiger partial charge is 0.385 e. The fourth-order valence-electron chi connectivity index (χ4n) is 3.65. The van der Waals surface area contributed by atoms with Crippen LogP contribution in [0.25, 0.3) is 0 Å². The zero-order valence-corrected chi connectivity index (χ0v) is 14.8. The summed E-state index contributed by atoms with van der Waals surface area (Å²) < 4.78 is 0. The lowest BCUT2D eigenvalue weighted by Crippen LogP contribution is -2.39. The van der Waals surface area contributed by atoms with E-state index in [4.69, 9.17) is 0 Å². The minimum atomic E-state index is 0. The Balaban J connectivity index is 0.00000156. The van der Waals surface area contributed by atoms with Gasteiger partial charge in [-0.3, -0.25) is 4.79 Å². The second kappa shape index (κ2) is 6.54. The van der Waals surface area contributed by atoms with Gasteiger partial charge in [-0.15, -0.1) is 23.7 Å². The minimum absolute atomic E-state index is 0. The number of hydrogen-bond donors (Lipinski definition) is 1. The molecule has 0 radical (unpaired) electrons. The highest BCUT2D eigenvalue weighted by atomic mass is 35.5. The standard InChI is InChI=1S/C18H20N2OS.ClH/c1-12-13-8-11-22-17(13)7-10-20(12)18(21)15-4-2-6-16-14(15)5-3-9-19-16;/h2,4,6,8,11-12,19H,3,5,7,9-10H2,1H3;1H. The number of thiophene rings is 1. The molecule has 4 rings (SSSR count). The van der Waals surface area contributed by atoms with Crippen LogP contribution in [0.15, 0.2) is 29.6 Å². The highest BCUT2D eigenvalue weighted by Gasteiger charge is 2.30. The van der Waals surface area contributed by atoms with E-state index in [-0.39, 0.29) is 24.4 Å². The predicted octanol–water partition coefficient (Wildman–Crippen LogP) is 4.29. The predicted molar refractivity (Wildman–Crippen MR) is 98.0 cm³/mol. The second-order valence-corrected chi connectivity index (χ2v) is 7.09. The van der Waals surface area contributed by atoms with Gasteiger partial charge in [-0.05, 0) is 60.9 Å². The summed E-state index contributed by atoms with van der Waals surface area (Å²) in [5.74, 6) is 0.185. The van der Waals surface area contributed by atoms with Gasteiger partial charge >= 0.3 is 0 Å². The first-order chi connectivity index (χ1) is 10.8. The molecule has 0 bridgehead atoms. The molecule has 0 fully saturated rings. The number of carbonyl (C=O) groups excluding carboxylic acids is 1. The maximum Gasteiger partial charge on any atom is 0.254 e. The third-order valence-electron chi connectivity index (χ3n) is 4.86. The Morgan fingerprint density at radius 3 is 3.04 bits per heavy atom. The lowest BCUT2D eigenvalue weighted by atomic mass is 9.94. The minimum Gasteiger partial charge on any atom is -0.385 e. The molecular formula is C18H21ClN2OS. The molecule has 1 aromatic carbocycles. The molecule has 2 aromatic rings. The summed E-state index contributed by atoms with van der Waals surface area (Å²) in [5.41, 5.74) is 4.54. The van der Waals surface area contributed by atoms with E-state index in [9.17, 15) is 4.79 Å². The van der Waals surface area contributed by atoms with Crippen LogP contribution in [0.4, 0.5) is 5.69 Å². The summed E-state index contributed by atoms with van der Waals surface area (Å²) in [7, 11) is 0. The summed E-state index contributed by atoms with van der Waals surface area (Å²) in [5, 5.41) is 5.56. The van der Waals surface area contributed by atoms with Crippen molar-refractivity contribution in [1.29, 1.82) is 0 Å². The van der Waals surface area contributed by atoms with Gasteiger partial charge in [0, 0.05) is 29.2 Å². The first-order valence-corrected chi connectivity index (χ1v) is 8.86. The topological polar surface area (TPSA) is 32.3 Å². The van der Waals surface area contributed by atoms with Gasteiger partial charge in [0.15, 0.2) is 0 Å². The van der Waals surface area contributed by atoms with Crippen molar-refractivity contribution in [1.82, 2.24) is 4.90 Å². The maximum absolute atomic E-state index is 13.1. The SMILES string of the molecule is CC1c2ccsc2CCN1C(=O)c1cccc2c1CCCN2.Cl. The second-order valence-electron chi connectivity index (χ2n) is 6.09. The highest BCUT2D eigenvalue weighted by Crippen LogP contribution is 2.35. The molecular weight excluding hydrogens is 328 g/mol. The third kappa shape index (κ3) is 2.74. The van der Waals surface area contributed by atoms with Crippen LogP contribution in [0.2, 0.25) is 0 Å². The van der Waals surface area contributed by atoms with E-state index in [1.165, 1.54) is 16.0 Å². The number of carbonyl (C=O) groups is 1. The number of hydrogen-bond acceptors (Lipinski definition) is 3. The molecule has 1 atom stereocenters. The molecule has 3 heterocycles. The molecule has 0 spiro atoms. The fraction of sp³-hybridized carbons (Fsp3) is 0.389. The Morgan fingerprint density at radius 1 is 1.30 bits per heavy atom. The van der Waals surface area contributed by atoms with Crippen LogP contribution >= 0.6 is 23.7 Å². The van der Waals surface area contributed by atoms with E-state index in [1.54, 1.807) is 0 Å². The lowest BCUT2D eigenvalue weighted by molar-refractivity contribution is 0.0678. The van der Waals surface area contributed by atoms with Gasteiger partial charge in [0.25, 0.3) is 5.91 Å². The van der Waals surface area contributed by atoms with Gasteiger partial charge in [0.2, 0.25) is 0 Å². The van der Waals surface area contributed by atoms with Gasteiger partial charge in [0.1, 0.15) is 0 Å². The summed E-state index contributed by atoms with van der Waals surface area (Å²) in [4.78, 5) is 16.6. The molecule has 5 heteroatoms. The fourth-order valence-corrected chi connectivity index (χ4v) is 4.61. The zero-order chi connectivity index (χ0) is 15.1. The smallest absolute Gasteiger partial charge is 0.254 e. The molecule has 3 nitrogen and oxygen atoms in total. The van der Waals surface area contributed by atoms with Crippen LogP contribution in [0.1, 0.15) is 45.7 Å². The molecule has 23 heavy (non-hydrogen) atoms. The van der Waals surface area contributed by atoms with E-state index >= 15 is 0 Å². The van der Waals surface area contributed by atoms with Crippen LogP contribution in [-0.4, -0.2) is 23.9 Å². The van der Waals surface area contributed by atoms with Crippen LogP contribution in [0, 0.1) is 0 Å². The Labute approximate surface area is 147 Å². The monoisotopic (exact) mass is 348 g/mol. The molecule has 0 aliphatic carbocycles. The molecule has 1 unspecified atom stereocenters. The van der Waals surface area contributed by atoms with Gasteiger partial charge < -0.3 is 10.2 Å². The van der Waals surface area contributed by atoms with E-state index in [0.717, 1.165) is 43.6 Å². The molecule has 1 amide bonds. The van der Waals surface area contributed by atoms with E-state index in [1.807, 2.05) is 28.4 Å². The summed E-state index contributed by atoms with van der Waals surface area (Å²) in [6, 6.07) is 8.42. The van der Waals surface area contributed by atoms with Gasteiger partial charge in [-0.2, -0.15) is 0 Å². The number of amides is 1. The number of rotatable bonds is 1. The third-order valence-corrected chi connectivity index (χ3v) is 5.86. The number of halogens is 1. The zero-order valence-electron chi connectivity index (χ0n) is 13.2. The number of nitrogens with one attached hydrogen (secondary N) is 1. The van der Waals surface area contributed by atoms with E-state index in [0.29, 0.717) is 0 Å². The van der Waals surface area contributed by atoms with Crippen molar-refractivity contribution in [3.8, 4) is 0 Å². The number of benzene rings is 1. The molecule has 122 valence electrons. The number of fused-ring (bicyclic) bond motifs is 2. The average molecular weight is 349 g/mol. The Morgan fingerprint density at radius 2 is 2.17 bits per heavy atom. The van der Waals surface area contributed by atoms with Crippen molar-refractivity contribution in [3.63, 3.8) is 0 Å². The molecule has 0 saturated heterocycles. The van der Waals surface area contributed by atoms with Crippen molar-refractivity contribution in [2.24, 2.45) is 0 Å². The van der Waals surface area contributed by atoms with Crippen molar-refractivity contribution in [3.05, 3.63) is 51.2 Å². The summed E-state index contributed by atoms with van der Waals surface area (Å²) in [6.07, 6.45) is 3.08. The van der Waals surface area contributed by atoms with Crippen LogP contribution in [-0.2, 0) is 12.8 Å². The van der Waals surface area contributed by atoms with Crippen LogP contribution in [0.3, 0.4) is 0 Å². The van der Waals surface area contributed by atoms with Crippen molar-refractivity contribution >= 4 is 35.3 Å². The quantitative estimate of drug-likeness (QED) is 0.833. The van der Waals surface area contributed by atoms with Gasteiger partial charge in [-0.1, -0.05) is 6.07 Å². The molecule has 1 aromatic heterocycles. The number of anilines is 1. The summed E-state index contributed by atoms with van der Waals surface area (Å²) in [6.45, 7) is 3.98. The maximum atomic E-state index is 13.1. The van der Waals surface area contributed by atoms with Crippen LogP contribution in [0.5, 0.6) is 0 Å². The number of nitrogens with zero attached hydrogens (tertiary/aromatic N) is 1. The van der Waals surface area contributed by atoms with E-state index < -0.39 is 0 Å². The first kappa shape index (κ1) is 16.3. The lowest BCUT2D eigenvalue weighted by Gasteiger charge is -2.34. The molecule has 2 aliphatic rings. The summed E-state index contributed by atoms with van der Waals surface area (Å²) >= 11 is 1.81. The Bertz CT molecular complexity index is 728. The van der Waals surface area contributed by atoms with Gasteiger partial charge in [0.05, 0.1) is 6.04 Å². The van der Waals surface area contributed by atoms with Crippen LogP contribution < -0.4 is 5.32 Å². The molecule has 0 saturated carbocycles. The first-order valence-electron chi connectivity index (χ1n) is 7.98. The van der Waals surface area contributed by atoms with E-state index in [2.05, 4.69) is 29.8 Å². The molecule has 2 aliphatic heterocycles. The molecule has 1 N–H and O–H groups in total. The van der Waals surface area contributed by atoms with Crippen molar-refractivity contribution in [2.75, 3.05) is 18.4 Å². The highest BCUT2D eigenvalue weighted by molar-refractivity contribution is 7.10.